The second-order valence-corrected chi connectivity index (χ2v) is 5.15. The Morgan fingerprint density at radius 2 is 1.87 bits per heavy atom. The molecule has 2 aromatic carbocycles. The standard InChI is InChI=1S/C18H20O5/c1-13(2)22-17-10-5-4-9-16(17)18(19)23-21-12-14-7-6-8-15(11-14)20-3/h4-11,13H,12H2,1-3H3. The zero-order chi connectivity index (χ0) is 16.7. The van der Waals surface area contributed by atoms with Crippen LogP contribution in [-0.2, 0) is 16.4 Å². The van der Waals surface area contributed by atoms with Crippen molar-refractivity contribution < 1.29 is 24.0 Å². The fourth-order valence-electron chi connectivity index (χ4n) is 1.95. The Balaban J connectivity index is 1.94. The summed E-state index contributed by atoms with van der Waals surface area (Å²) < 4.78 is 10.7. The number of benzene rings is 2. The van der Waals surface area contributed by atoms with Crippen LogP contribution < -0.4 is 9.47 Å². The minimum Gasteiger partial charge on any atom is -0.497 e. The molecule has 23 heavy (non-hydrogen) atoms. The summed E-state index contributed by atoms with van der Waals surface area (Å²) in [5.74, 6) is 0.592. The molecular formula is C18H20O5. The second kappa shape index (κ2) is 8.19. The van der Waals surface area contributed by atoms with Gasteiger partial charge in [-0.3, -0.25) is 4.89 Å². The summed E-state index contributed by atoms with van der Waals surface area (Å²) in [7, 11) is 1.59. The van der Waals surface area contributed by atoms with E-state index in [0.717, 1.165) is 5.56 Å². The van der Waals surface area contributed by atoms with Gasteiger partial charge >= 0.3 is 5.97 Å². The van der Waals surface area contributed by atoms with Gasteiger partial charge in [-0.2, -0.15) is 4.89 Å². The molecule has 0 bridgehead atoms. The number of para-hydroxylation sites is 1. The lowest BCUT2D eigenvalue weighted by molar-refractivity contribution is -0.250. The number of methoxy groups -OCH3 is 1. The van der Waals surface area contributed by atoms with Crippen molar-refractivity contribution in [3.05, 3.63) is 59.7 Å². The Bertz CT molecular complexity index is 651. The van der Waals surface area contributed by atoms with Crippen LogP contribution in [0.3, 0.4) is 0 Å². The Morgan fingerprint density at radius 1 is 1.09 bits per heavy atom. The Kier molecular flexibility index (Phi) is 6.00. The summed E-state index contributed by atoms with van der Waals surface area (Å²) in [6.07, 6.45) is -0.0401. The van der Waals surface area contributed by atoms with Crippen LogP contribution in [0.5, 0.6) is 11.5 Å². The van der Waals surface area contributed by atoms with Gasteiger partial charge in [0.2, 0.25) is 0 Å². The second-order valence-electron chi connectivity index (χ2n) is 5.15. The van der Waals surface area contributed by atoms with Gasteiger partial charge in [-0.1, -0.05) is 24.3 Å². The lowest BCUT2D eigenvalue weighted by atomic mass is 10.2. The molecule has 0 N–H and O–H groups in total. The molecule has 0 aromatic heterocycles. The van der Waals surface area contributed by atoms with Gasteiger partial charge in [-0.05, 0) is 43.7 Å². The lowest BCUT2D eigenvalue weighted by Crippen LogP contribution is -2.12. The Morgan fingerprint density at radius 3 is 2.61 bits per heavy atom. The molecule has 0 aliphatic carbocycles. The van der Waals surface area contributed by atoms with Crippen LogP contribution in [0, 0.1) is 0 Å². The molecule has 0 fully saturated rings. The highest BCUT2D eigenvalue weighted by molar-refractivity contribution is 5.92. The van der Waals surface area contributed by atoms with Crippen LogP contribution in [0.1, 0.15) is 29.8 Å². The maximum Gasteiger partial charge on any atom is 0.376 e. The Labute approximate surface area is 135 Å². The van der Waals surface area contributed by atoms with E-state index < -0.39 is 5.97 Å². The highest BCUT2D eigenvalue weighted by atomic mass is 17.2. The molecule has 0 aliphatic heterocycles. The lowest BCUT2D eigenvalue weighted by Gasteiger charge is -2.13. The van der Waals surface area contributed by atoms with Crippen LogP contribution in [0.25, 0.3) is 0 Å². The molecule has 0 aliphatic rings. The van der Waals surface area contributed by atoms with Crippen molar-refractivity contribution in [3.8, 4) is 11.5 Å². The van der Waals surface area contributed by atoms with Crippen LogP contribution in [0.4, 0.5) is 0 Å². The monoisotopic (exact) mass is 316 g/mol. The van der Waals surface area contributed by atoms with E-state index in [4.69, 9.17) is 19.2 Å². The predicted octanol–water partition coefficient (Wildman–Crippen LogP) is 3.77. The Hall–Kier alpha value is -2.53. The van der Waals surface area contributed by atoms with Gasteiger partial charge in [0.25, 0.3) is 0 Å². The third-order valence-corrected chi connectivity index (χ3v) is 2.96. The molecule has 0 atom stereocenters. The molecule has 0 unspecified atom stereocenters. The molecule has 122 valence electrons. The van der Waals surface area contributed by atoms with Gasteiger partial charge in [-0.25, -0.2) is 4.79 Å². The van der Waals surface area contributed by atoms with Crippen LogP contribution in [0.2, 0.25) is 0 Å². The van der Waals surface area contributed by atoms with Crippen LogP contribution >= 0.6 is 0 Å². The molecule has 5 heteroatoms. The largest absolute Gasteiger partial charge is 0.497 e. The van der Waals surface area contributed by atoms with E-state index in [2.05, 4.69) is 0 Å². The highest BCUT2D eigenvalue weighted by Crippen LogP contribution is 2.21. The van der Waals surface area contributed by atoms with E-state index in [1.54, 1.807) is 31.4 Å². The molecule has 0 saturated carbocycles. The zero-order valence-corrected chi connectivity index (χ0v) is 13.4. The van der Waals surface area contributed by atoms with Gasteiger partial charge in [0.05, 0.1) is 13.2 Å². The van der Waals surface area contributed by atoms with Crippen molar-refractivity contribution in [1.29, 1.82) is 0 Å². The molecule has 2 aromatic rings. The van der Waals surface area contributed by atoms with Gasteiger partial charge < -0.3 is 9.47 Å². The number of hydrogen-bond donors (Lipinski definition) is 0. The van der Waals surface area contributed by atoms with Gasteiger partial charge in [-0.15, -0.1) is 0 Å². The number of carbonyl (C=O) groups is 1. The number of hydrogen-bond acceptors (Lipinski definition) is 5. The minimum absolute atomic E-state index is 0.0401. The summed E-state index contributed by atoms with van der Waals surface area (Å²) in [5, 5.41) is 0. The molecule has 0 heterocycles. The van der Waals surface area contributed by atoms with Crippen molar-refractivity contribution in [2.45, 2.75) is 26.6 Å². The van der Waals surface area contributed by atoms with E-state index in [9.17, 15) is 4.79 Å². The van der Waals surface area contributed by atoms with Gasteiger partial charge in [0.1, 0.15) is 23.7 Å². The van der Waals surface area contributed by atoms with Crippen LogP contribution in [-0.4, -0.2) is 19.2 Å². The first-order valence-electron chi connectivity index (χ1n) is 7.32. The average molecular weight is 316 g/mol. The highest BCUT2D eigenvalue weighted by Gasteiger charge is 2.15. The van der Waals surface area contributed by atoms with E-state index in [1.807, 2.05) is 38.1 Å². The number of ether oxygens (including phenoxy) is 2. The summed E-state index contributed by atoms with van der Waals surface area (Å²) in [6, 6.07) is 14.2. The summed E-state index contributed by atoms with van der Waals surface area (Å²) >= 11 is 0. The number of rotatable bonds is 7. The van der Waals surface area contributed by atoms with Gasteiger partial charge in [0.15, 0.2) is 0 Å². The van der Waals surface area contributed by atoms with Crippen molar-refractivity contribution in [3.63, 3.8) is 0 Å². The van der Waals surface area contributed by atoms with Crippen molar-refractivity contribution >= 4 is 5.97 Å². The summed E-state index contributed by atoms with van der Waals surface area (Å²) in [4.78, 5) is 22.0. The molecule has 0 radical (unpaired) electrons. The third kappa shape index (κ3) is 5.00. The minimum atomic E-state index is -0.593. The van der Waals surface area contributed by atoms with Crippen molar-refractivity contribution in [2.24, 2.45) is 0 Å². The van der Waals surface area contributed by atoms with Gasteiger partial charge in [0, 0.05) is 0 Å². The number of carbonyl (C=O) groups excluding carboxylic acids is 1. The first-order valence-corrected chi connectivity index (χ1v) is 7.32. The SMILES string of the molecule is COc1cccc(COOC(=O)c2ccccc2OC(C)C)c1. The zero-order valence-electron chi connectivity index (χ0n) is 13.4. The first-order chi connectivity index (χ1) is 11.1. The quantitative estimate of drug-likeness (QED) is 0.575. The third-order valence-electron chi connectivity index (χ3n) is 2.96. The fraction of sp³-hybridized carbons (Fsp3) is 0.278. The summed E-state index contributed by atoms with van der Waals surface area (Å²) in [5.41, 5.74) is 1.16. The van der Waals surface area contributed by atoms with E-state index in [-0.39, 0.29) is 12.7 Å². The van der Waals surface area contributed by atoms with E-state index in [0.29, 0.717) is 17.1 Å². The molecule has 0 saturated heterocycles. The smallest absolute Gasteiger partial charge is 0.376 e. The fourth-order valence-corrected chi connectivity index (χ4v) is 1.95. The molecule has 0 amide bonds. The predicted molar refractivity (Wildman–Crippen MR) is 85.4 cm³/mol. The van der Waals surface area contributed by atoms with Crippen LogP contribution in [0.15, 0.2) is 48.5 Å². The van der Waals surface area contributed by atoms with Crippen molar-refractivity contribution in [2.75, 3.05) is 7.11 Å². The molecular weight excluding hydrogens is 296 g/mol. The normalized spacial score (nSPS) is 10.4. The first kappa shape index (κ1) is 16.8. The topological polar surface area (TPSA) is 54.0 Å². The molecule has 0 spiro atoms. The van der Waals surface area contributed by atoms with E-state index in [1.165, 1.54) is 0 Å². The van der Waals surface area contributed by atoms with Crippen molar-refractivity contribution in [1.82, 2.24) is 0 Å². The average Bonchev–Trinajstić information content (AvgIpc) is 2.55. The summed E-state index contributed by atoms with van der Waals surface area (Å²) in [6.45, 7) is 3.92. The maximum absolute atomic E-state index is 12.1. The maximum atomic E-state index is 12.1. The molecule has 5 nitrogen and oxygen atoms in total. The van der Waals surface area contributed by atoms with E-state index >= 15 is 0 Å². The molecule has 2 rings (SSSR count).